The molecule has 156 valence electrons. The number of benzene rings is 1. The number of amides is 1. The topological polar surface area (TPSA) is 95.6 Å². The van der Waals surface area contributed by atoms with E-state index in [4.69, 9.17) is 4.74 Å². The number of aromatic amines is 1. The van der Waals surface area contributed by atoms with Crippen LogP contribution >= 0.6 is 0 Å². The molecular weight excluding hydrogens is 392 g/mol. The van der Waals surface area contributed by atoms with E-state index in [9.17, 15) is 13.2 Å². The van der Waals surface area contributed by atoms with Gasteiger partial charge in [0.15, 0.2) is 0 Å². The molecular formula is C20H26N4O4S. The number of hydrogen-bond donors (Lipinski definition) is 1. The summed E-state index contributed by atoms with van der Waals surface area (Å²) in [5.74, 6) is 0.458. The van der Waals surface area contributed by atoms with Crippen LogP contribution in [0, 0.1) is 5.92 Å². The zero-order valence-corrected chi connectivity index (χ0v) is 17.4. The standard InChI is InChI=1S/C20H26N4O4S/c1-14(2)13-24-16-7-9-23(20(25)15-11-21-22-12-15)10-8-17(16)28-18-5-3-4-6-19(18)29(24,26)27/h3-6,11-12,14,16-17H,7-10,13H2,1-2H3,(H,21,22)/t16-,17-/m1/s1. The lowest BCUT2D eigenvalue weighted by atomic mass is 10.0. The van der Waals surface area contributed by atoms with Crippen LogP contribution in [-0.2, 0) is 10.0 Å². The van der Waals surface area contributed by atoms with Crippen molar-refractivity contribution in [3.8, 4) is 5.75 Å². The van der Waals surface area contributed by atoms with E-state index >= 15 is 0 Å². The van der Waals surface area contributed by atoms with Crippen molar-refractivity contribution in [3.63, 3.8) is 0 Å². The summed E-state index contributed by atoms with van der Waals surface area (Å²) in [5.41, 5.74) is 0.505. The van der Waals surface area contributed by atoms with Crippen molar-refractivity contribution >= 4 is 15.9 Å². The summed E-state index contributed by atoms with van der Waals surface area (Å²) < 4.78 is 34.8. The number of nitrogens with one attached hydrogen (secondary N) is 1. The van der Waals surface area contributed by atoms with Gasteiger partial charge in [-0.15, -0.1) is 0 Å². The van der Waals surface area contributed by atoms with Gasteiger partial charge < -0.3 is 9.64 Å². The first-order chi connectivity index (χ1) is 13.9. The van der Waals surface area contributed by atoms with Crippen molar-refractivity contribution in [1.29, 1.82) is 0 Å². The van der Waals surface area contributed by atoms with Gasteiger partial charge in [0.25, 0.3) is 5.91 Å². The third kappa shape index (κ3) is 3.76. The number of rotatable bonds is 3. The zero-order chi connectivity index (χ0) is 20.6. The molecule has 0 unspecified atom stereocenters. The summed E-state index contributed by atoms with van der Waals surface area (Å²) in [4.78, 5) is 14.7. The van der Waals surface area contributed by atoms with Crippen molar-refractivity contribution in [1.82, 2.24) is 19.4 Å². The Hall–Kier alpha value is -2.39. The Bertz CT molecular complexity index is 974. The fourth-order valence-corrected chi connectivity index (χ4v) is 6.07. The second-order valence-corrected chi connectivity index (χ2v) is 9.85. The molecule has 0 radical (unpaired) electrons. The van der Waals surface area contributed by atoms with E-state index in [2.05, 4.69) is 10.2 Å². The second kappa shape index (κ2) is 7.79. The molecule has 8 nitrogen and oxygen atoms in total. The lowest BCUT2D eigenvalue weighted by Gasteiger charge is -2.32. The molecule has 1 amide bonds. The highest BCUT2D eigenvalue weighted by Crippen LogP contribution is 2.36. The van der Waals surface area contributed by atoms with Crippen LogP contribution in [0.2, 0.25) is 0 Å². The summed E-state index contributed by atoms with van der Waals surface area (Å²) in [5, 5.41) is 6.51. The average molecular weight is 419 g/mol. The number of nitrogens with zero attached hydrogens (tertiary/aromatic N) is 3. The van der Waals surface area contributed by atoms with Crippen LogP contribution in [-0.4, -0.2) is 65.5 Å². The van der Waals surface area contributed by atoms with Gasteiger partial charge in [-0.3, -0.25) is 9.89 Å². The van der Waals surface area contributed by atoms with E-state index in [0.29, 0.717) is 43.8 Å². The minimum Gasteiger partial charge on any atom is -0.487 e. The first-order valence-electron chi connectivity index (χ1n) is 9.93. The monoisotopic (exact) mass is 418 g/mol. The van der Waals surface area contributed by atoms with Gasteiger partial charge in [-0.25, -0.2) is 8.42 Å². The Morgan fingerprint density at radius 3 is 2.76 bits per heavy atom. The molecule has 1 saturated heterocycles. The van der Waals surface area contributed by atoms with Crippen LogP contribution in [0.3, 0.4) is 0 Å². The summed E-state index contributed by atoms with van der Waals surface area (Å²) >= 11 is 0. The third-order valence-corrected chi connectivity index (χ3v) is 7.40. The smallest absolute Gasteiger partial charge is 0.257 e. The number of H-pyrrole nitrogens is 1. The van der Waals surface area contributed by atoms with E-state index in [1.165, 1.54) is 6.20 Å². The van der Waals surface area contributed by atoms with Crippen molar-refractivity contribution in [2.45, 2.75) is 43.7 Å². The molecule has 2 atom stereocenters. The van der Waals surface area contributed by atoms with Crippen LogP contribution in [0.5, 0.6) is 5.75 Å². The molecule has 3 heterocycles. The molecule has 0 spiro atoms. The van der Waals surface area contributed by atoms with Gasteiger partial charge >= 0.3 is 0 Å². The SMILES string of the molecule is CC(C)CN1[C@@H]2CCN(C(=O)c3cn[nH]c3)CC[C@H]2Oc2ccccc2S1(=O)=O. The first kappa shape index (κ1) is 19.9. The molecule has 1 N–H and O–H groups in total. The van der Waals surface area contributed by atoms with E-state index in [0.717, 1.165) is 0 Å². The summed E-state index contributed by atoms with van der Waals surface area (Å²) in [6, 6.07) is 6.50. The highest BCUT2D eigenvalue weighted by molar-refractivity contribution is 7.89. The van der Waals surface area contributed by atoms with Crippen molar-refractivity contribution in [2.24, 2.45) is 5.92 Å². The van der Waals surface area contributed by atoms with Gasteiger partial charge in [-0.1, -0.05) is 26.0 Å². The average Bonchev–Trinajstić information content (AvgIpc) is 3.12. The maximum atomic E-state index is 13.5. The number of ether oxygens (including phenoxy) is 1. The molecule has 1 aromatic carbocycles. The predicted octanol–water partition coefficient (Wildman–Crippen LogP) is 2.12. The molecule has 1 aromatic heterocycles. The molecule has 4 rings (SSSR count). The first-order valence-corrected chi connectivity index (χ1v) is 11.4. The van der Waals surface area contributed by atoms with E-state index in [1.54, 1.807) is 39.7 Å². The largest absolute Gasteiger partial charge is 0.487 e. The summed E-state index contributed by atoms with van der Waals surface area (Å²) in [6.45, 7) is 5.40. The lowest BCUT2D eigenvalue weighted by molar-refractivity contribution is 0.0755. The van der Waals surface area contributed by atoms with Gasteiger partial charge in [0.1, 0.15) is 16.7 Å². The fraction of sp³-hybridized carbons (Fsp3) is 0.500. The van der Waals surface area contributed by atoms with Crippen LogP contribution in [0.1, 0.15) is 37.0 Å². The van der Waals surface area contributed by atoms with Gasteiger partial charge in [0.05, 0.1) is 17.8 Å². The van der Waals surface area contributed by atoms with Gasteiger partial charge in [0.2, 0.25) is 10.0 Å². The minimum atomic E-state index is -3.69. The molecule has 0 saturated carbocycles. The maximum absolute atomic E-state index is 13.5. The molecule has 0 aliphatic carbocycles. The van der Waals surface area contributed by atoms with Gasteiger partial charge in [-0.05, 0) is 24.5 Å². The van der Waals surface area contributed by atoms with Crippen molar-refractivity contribution in [3.05, 3.63) is 42.2 Å². The number of carbonyl (C=O) groups excluding carboxylic acids is 1. The normalized spacial score (nSPS) is 24.2. The van der Waals surface area contributed by atoms with E-state index in [-0.39, 0.29) is 28.9 Å². The molecule has 2 aliphatic rings. The Balaban J connectivity index is 1.68. The molecule has 0 bridgehead atoms. The van der Waals surface area contributed by atoms with E-state index < -0.39 is 10.0 Å². The van der Waals surface area contributed by atoms with Crippen LogP contribution in [0.25, 0.3) is 0 Å². The highest BCUT2D eigenvalue weighted by Gasteiger charge is 2.43. The molecule has 1 fully saturated rings. The highest BCUT2D eigenvalue weighted by atomic mass is 32.2. The van der Waals surface area contributed by atoms with Crippen molar-refractivity contribution < 1.29 is 17.9 Å². The molecule has 29 heavy (non-hydrogen) atoms. The lowest BCUT2D eigenvalue weighted by Crippen LogP contribution is -2.48. The van der Waals surface area contributed by atoms with Gasteiger partial charge in [-0.2, -0.15) is 9.40 Å². The second-order valence-electron chi connectivity index (χ2n) is 8.00. The maximum Gasteiger partial charge on any atom is 0.257 e. The summed E-state index contributed by atoms with van der Waals surface area (Å²) in [6.07, 6.45) is 3.86. The number of hydrogen-bond acceptors (Lipinski definition) is 5. The van der Waals surface area contributed by atoms with Crippen LogP contribution in [0.4, 0.5) is 0 Å². The number of sulfonamides is 1. The Morgan fingerprint density at radius 2 is 2.03 bits per heavy atom. The van der Waals surface area contributed by atoms with Crippen LogP contribution < -0.4 is 4.74 Å². The quantitative estimate of drug-likeness (QED) is 0.824. The van der Waals surface area contributed by atoms with Crippen molar-refractivity contribution in [2.75, 3.05) is 19.6 Å². The Labute approximate surface area is 170 Å². The number of para-hydroxylation sites is 1. The predicted molar refractivity (Wildman–Crippen MR) is 107 cm³/mol. The molecule has 2 aliphatic heterocycles. The third-order valence-electron chi connectivity index (χ3n) is 5.47. The molecule has 9 heteroatoms. The Morgan fingerprint density at radius 1 is 1.28 bits per heavy atom. The summed E-state index contributed by atoms with van der Waals surface area (Å²) in [7, 11) is -3.69. The number of fused-ring (bicyclic) bond motifs is 2. The number of aromatic nitrogens is 2. The number of carbonyl (C=O) groups is 1. The number of likely N-dealkylation sites (tertiary alicyclic amines) is 1. The van der Waals surface area contributed by atoms with E-state index in [1.807, 2.05) is 13.8 Å². The van der Waals surface area contributed by atoms with Crippen LogP contribution in [0.15, 0.2) is 41.6 Å². The molecule has 2 aromatic rings. The Kier molecular flexibility index (Phi) is 5.35. The zero-order valence-electron chi connectivity index (χ0n) is 16.6. The fourth-order valence-electron chi connectivity index (χ4n) is 4.10. The minimum absolute atomic E-state index is 0.103. The van der Waals surface area contributed by atoms with Gasteiger partial charge in [0, 0.05) is 32.3 Å².